The first-order valence-corrected chi connectivity index (χ1v) is 11.3. The lowest BCUT2D eigenvalue weighted by Gasteiger charge is -2.11. The number of carbonyl (C=O) groups is 1. The number of nitrogens with one attached hydrogen (secondary N) is 1. The number of benzene rings is 3. The monoisotopic (exact) mass is 439 g/mol. The van der Waals surface area contributed by atoms with Gasteiger partial charge in [0.15, 0.2) is 0 Å². The molecule has 1 N–H and O–H groups in total. The summed E-state index contributed by atoms with van der Waals surface area (Å²) in [7, 11) is -2.54. The van der Waals surface area contributed by atoms with E-state index in [1.54, 1.807) is 19.1 Å². The van der Waals surface area contributed by atoms with Gasteiger partial charge in [-0.15, -0.1) is 0 Å². The summed E-state index contributed by atoms with van der Waals surface area (Å²) in [6.07, 6.45) is 0. The Morgan fingerprint density at radius 3 is 2.13 bits per heavy atom. The van der Waals surface area contributed by atoms with Crippen LogP contribution in [0.4, 0.5) is 0 Å². The second-order valence-electron chi connectivity index (χ2n) is 7.09. The molecule has 3 rings (SSSR count). The number of sulfonamides is 1. The minimum Gasteiger partial charge on any atom is -0.465 e. The van der Waals surface area contributed by atoms with Gasteiger partial charge in [-0.2, -0.15) is 0 Å². The largest absolute Gasteiger partial charge is 0.465 e. The van der Waals surface area contributed by atoms with E-state index in [0.717, 1.165) is 16.7 Å². The predicted molar refractivity (Wildman–Crippen MR) is 118 cm³/mol. The molecule has 0 aromatic heterocycles. The summed E-state index contributed by atoms with van der Waals surface area (Å²) in [6.45, 7) is 2.82. The van der Waals surface area contributed by atoms with Crippen LogP contribution in [0.3, 0.4) is 0 Å². The molecule has 0 fully saturated rings. The molecule has 0 saturated carbocycles. The molecule has 0 aliphatic carbocycles. The van der Waals surface area contributed by atoms with Crippen LogP contribution in [-0.2, 0) is 39.3 Å². The smallest absolute Gasteiger partial charge is 0.337 e. The summed E-state index contributed by atoms with van der Waals surface area (Å²) in [6, 6.07) is 21.9. The summed E-state index contributed by atoms with van der Waals surface area (Å²) in [5, 5.41) is 0. The Hall–Kier alpha value is -3.00. The summed E-state index contributed by atoms with van der Waals surface area (Å²) in [5.41, 5.74) is 3.67. The zero-order valence-corrected chi connectivity index (χ0v) is 18.3. The van der Waals surface area contributed by atoms with Crippen LogP contribution in [-0.4, -0.2) is 21.5 Å². The number of carbonyl (C=O) groups excluding carboxylic acids is 1. The van der Waals surface area contributed by atoms with E-state index >= 15 is 0 Å². The van der Waals surface area contributed by atoms with Crippen LogP contribution in [0.15, 0.2) is 77.7 Å². The SMILES string of the molecule is COC(=O)c1ccc(C)c(S(=O)(=O)NCc2ccc(COCc3ccccc3)cc2)c1. The Morgan fingerprint density at radius 2 is 1.48 bits per heavy atom. The van der Waals surface area contributed by atoms with Gasteiger partial charge < -0.3 is 9.47 Å². The zero-order valence-electron chi connectivity index (χ0n) is 17.5. The molecule has 0 radical (unpaired) electrons. The number of rotatable bonds is 9. The van der Waals surface area contributed by atoms with Crippen LogP contribution in [0.1, 0.15) is 32.6 Å². The van der Waals surface area contributed by atoms with E-state index < -0.39 is 16.0 Å². The highest BCUT2D eigenvalue weighted by molar-refractivity contribution is 7.89. The minimum atomic E-state index is -3.79. The van der Waals surface area contributed by atoms with Crippen molar-refractivity contribution < 1.29 is 22.7 Å². The van der Waals surface area contributed by atoms with Crippen molar-refractivity contribution in [2.45, 2.75) is 31.6 Å². The Kier molecular flexibility index (Phi) is 7.57. The minimum absolute atomic E-state index is 0.0568. The fourth-order valence-corrected chi connectivity index (χ4v) is 4.29. The number of hydrogen-bond acceptors (Lipinski definition) is 5. The van der Waals surface area contributed by atoms with Gasteiger partial charge >= 0.3 is 5.97 Å². The number of methoxy groups -OCH3 is 1. The van der Waals surface area contributed by atoms with Gasteiger partial charge in [0.2, 0.25) is 10.0 Å². The first-order valence-electron chi connectivity index (χ1n) is 9.77. The summed E-state index contributed by atoms with van der Waals surface area (Å²) in [4.78, 5) is 11.8. The molecule has 0 aliphatic rings. The van der Waals surface area contributed by atoms with Crippen LogP contribution in [0.2, 0.25) is 0 Å². The van der Waals surface area contributed by atoms with Crippen LogP contribution >= 0.6 is 0 Å². The van der Waals surface area contributed by atoms with E-state index in [-0.39, 0.29) is 17.0 Å². The van der Waals surface area contributed by atoms with Crippen molar-refractivity contribution in [3.8, 4) is 0 Å². The molecular weight excluding hydrogens is 414 g/mol. The number of hydrogen-bond donors (Lipinski definition) is 1. The van der Waals surface area contributed by atoms with Crippen LogP contribution in [0.25, 0.3) is 0 Å². The standard InChI is InChI=1S/C24H25NO5S/c1-18-8-13-22(24(26)29-2)14-23(18)31(27,28)25-15-19-9-11-21(12-10-19)17-30-16-20-6-4-3-5-7-20/h3-14,25H,15-17H2,1-2H3. The molecule has 0 amide bonds. The van der Waals surface area contributed by atoms with Gasteiger partial charge in [-0.25, -0.2) is 17.9 Å². The zero-order chi connectivity index (χ0) is 22.3. The molecule has 0 unspecified atom stereocenters. The van der Waals surface area contributed by atoms with Crippen LogP contribution in [0, 0.1) is 6.92 Å². The Balaban J connectivity index is 1.58. The Morgan fingerprint density at radius 1 is 0.871 bits per heavy atom. The molecule has 0 atom stereocenters. The van der Waals surface area contributed by atoms with E-state index in [0.29, 0.717) is 18.8 Å². The molecule has 0 bridgehead atoms. The second kappa shape index (κ2) is 10.3. The van der Waals surface area contributed by atoms with Crippen molar-refractivity contribution in [2.24, 2.45) is 0 Å². The van der Waals surface area contributed by atoms with E-state index in [1.165, 1.54) is 13.2 Å². The van der Waals surface area contributed by atoms with Crippen LogP contribution < -0.4 is 4.72 Å². The van der Waals surface area contributed by atoms with Gasteiger partial charge in [0.1, 0.15) is 0 Å². The molecule has 0 heterocycles. The van der Waals surface area contributed by atoms with E-state index in [4.69, 9.17) is 4.74 Å². The number of esters is 1. The quantitative estimate of drug-likeness (QED) is 0.510. The highest BCUT2D eigenvalue weighted by Crippen LogP contribution is 2.18. The van der Waals surface area contributed by atoms with E-state index in [9.17, 15) is 13.2 Å². The lowest BCUT2D eigenvalue weighted by Crippen LogP contribution is -2.24. The van der Waals surface area contributed by atoms with E-state index in [1.807, 2.05) is 54.6 Å². The number of ether oxygens (including phenoxy) is 2. The summed E-state index contributed by atoms with van der Waals surface area (Å²) < 4.78 is 38.5. The second-order valence-corrected chi connectivity index (χ2v) is 8.83. The maximum absolute atomic E-state index is 12.7. The van der Waals surface area contributed by atoms with Crippen molar-refractivity contribution in [3.63, 3.8) is 0 Å². The Labute approximate surface area is 182 Å². The van der Waals surface area contributed by atoms with Crippen molar-refractivity contribution in [1.82, 2.24) is 4.72 Å². The maximum atomic E-state index is 12.7. The molecule has 162 valence electrons. The maximum Gasteiger partial charge on any atom is 0.337 e. The molecule has 0 spiro atoms. The van der Waals surface area contributed by atoms with Crippen molar-refractivity contribution in [1.29, 1.82) is 0 Å². The third-order valence-corrected chi connectivity index (χ3v) is 6.31. The third kappa shape index (κ3) is 6.24. The number of aryl methyl sites for hydroxylation is 1. The first kappa shape index (κ1) is 22.7. The molecule has 7 heteroatoms. The fourth-order valence-electron chi connectivity index (χ4n) is 3.00. The lowest BCUT2D eigenvalue weighted by atomic mass is 10.1. The van der Waals surface area contributed by atoms with Gasteiger partial charge in [-0.3, -0.25) is 0 Å². The average molecular weight is 440 g/mol. The average Bonchev–Trinajstić information content (AvgIpc) is 2.79. The molecule has 3 aromatic carbocycles. The van der Waals surface area contributed by atoms with Gasteiger partial charge in [0.25, 0.3) is 0 Å². The Bertz CT molecular complexity index is 1130. The van der Waals surface area contributed by atoms with E-state index in [2.05, 4.69) is 9.46 Å². The molecule has 3 aromatic rings. The molecule has 0 saturated heterocycles. The third-order valence-electron chi connectivity index (χ3n) is 4.77. The van der Waals surface area contributed by atoms with Gasteiger partial charge in [0, 0.05) is 6.54 Å². The molecule has 0 aliphatic heterocycles. The van der Waals surface area contributed by atoms with Gasteiger partial charge in [0.05, 0.1) is 30.8 Å². The van der Waals surface area contributed by atoms with Gasteiger partial charge in [-0.05, 0) is 41.3 Å². The highest BCUT2D eigenvalue weighted by atomic mass is 32.2. The summed E-state index contributed by atoms with van der Waals surface area (Å²) in [5.74, 6) is -0.582. The van der Waals surface area contributed by atoms with Crippen molar-refractivity contribution in [3.05, 3.63) is 101 Å². The highest BCUT2D eigenvalue weighted by Gasteiger charge is 2.19. The topological polar surface area (TPSA) is 81.7 Å². The fraction of sp³-hybridized carbons (Fsp3) is 0.208. The van der Waals surface area contributed by atoms with Crippen LogP contribution in [0.5, 0.6) is 0 Å². The van der Waals surface area contributed by atoms with Gasteiger partial charge in [-0.1, -0.05) is 60.7 Å². The van der Waals surface area contributed by atoms with Crippen molar-refractivity contribution >= 4 is 16.0 Å². The molecular formula is C24H25NO5S. The molecule has 6 nitrogen and oxygen atoms in total. The lowest BCUT2D eigenvalue weighted by molar-refractivity contribution is 0.0600. The normalized spacial score (nSPS) is 11.3. The molecule has 31 heavy (non-hydrogen) atoms. The first-order chi connectivity index (χ1) is 14.9. The summed E-state index contributed by atoms with van der Waals surface area (Å²) >= 11 is 0. The predicted octanol–water partition coefficient (Wildman–Crippen LogP) is 3.98. The van der Waals surface area contributed by atoms with Crippen molar-refractivity contribution in [2.75, 3.05) is 7.11 Å².